The van der Waals surface area contributed by atoms with Crippen LogP contribution >= 0.6 is 0 Å². The number of nitrogens with one attached hydrogen (secondary N) is 1. The van der Waals surface area contributed by atoms with Crippen molar-refractivity contribution in [2.75, 3.05) is 19.5 Å². The van der Waals surface area contributed by atoms with Crippen molar-refractivity contribution in [1.29, 1.82) is 0 Å². The number of rotatable bonds is 6. The molecule has 21 heavy (non-hydrogen) atoms. The van der Waals surface area contributed by atoms with Gasteiger partial charge in [-0.2, -0.15) is 0 Å². The van der Waals surface area contributed by atoms with E-state index in [0.29, 0.717) is 17.6 Å². The Kier molecular flexibility index (Phi) is 5.03. The molecular formula is C15H20N2O4. The van der Waals surface area contributed by atoms with E-state index in [2.05, 4.69) is 5.32 Å². The Balaban J connectivity index is 1.98. The molecule has 2 rings (SSSR count). The number of hydrogen-bond donors (Lipinski definition) is 2. The first-order valence-electron chi connectivity index (χ1n) is 6.99. The van der Waals surface area contributed by atoms with Gasteiger partial charge in [-0.1, -0.05) is 12.8 Å². The minimum Gasteiger partial charge on any atom is -0.493 e. The number of nitrogen functional groups attached to an aromatic ring is 1. The van der Waals surface area contributed by atoms with Crippen LogP contribution in [0.2, 0.25) is 0 Å². The molecule has 0 aromatic heterocycles. The van der Waals surface area contributed by atoms with Gasteiger partial charge in [0.1, 0.15) is 6.29 Å². The summed E-state index contributed by atoms with van der Waals surface area (Å²) in [5.74, 6) is 0.443. The third-order valence-corrected chi connectivity index (χ3v) is 3.53. The fourth-order valence-corrected chi connectivity index (χ4v) is 2.50. The highest BCUT2D eigenvalue weighted by Crippen LogP contribution is 2.34. The van der Waals surface area contributed by atoms with Crippen molar-refractivity contribution in [3.63, 3.8) is 0 Å². The number of anilines is 1. The van der Waals surface area contributed by atoms with Crippen LogP contribution in [0.15, 0.2) is 12.1 Å². The second-order valence-electron chi connectivity index (χ2n) is 5.10. The number of aldehydes is 1. The van der Waals surface area contributed by atoms with E-state index in [9.17, 15) is 9.59 Å². The summed E-state index contributed by atoms with van der Waals surface area (Å²) in [5.41, 5.74) is 6.49. The van der Waals surface area contributed by atoms with Crippen LogP contribution in [0.3, 0.4) is 0 Å². The lowest BCUT2D eigenvalue weighted by atomic mass is 10.2. The SMILES string of the molecule is COc1cc(C=O)cc(N)c1OCC(=O)NC1CCCC1. The van der Waals surface area contributed by atoms with Gasteiger partial charge in [0.2, 0.25) is 0 Å². The Hall–Kier alpha value is -2.24. The second kappa shape index (κ2) is 6.97. The smallest absolute Gasteiger partial charge is 0.258 e. The van der Waals surface area contributed by atoms with Crippen molar-refractivity contribution in [1.82, 2.24) is 5.32 Å². The molecule has 3 N–H and O–H groups in total. The lowest BCUT2D eigenvalue weighted by Gasteiger charge is -2.15. The highest BCUT2D eigenvalue weighted by molar-refractivity contribution is 5.81. The number of hydrogen-bond acceptors (Lipinski definition) is 5. The van der Waals surface area contributed by atoms with Gasteiger partial charge in [0.25, 0.3) is 5.91 Å². The van der Waals surface area contributed by atoms with Crippen LogP contribution in [-0.2, 0) is 4.79 Å². The predicted octanol–water partition coefficient (Wildman–Crippen LogP) is 1.53. The maximum Gasteiger partial charge on any atom is 0.258 e. The lowest BCUT2D eigenvalue weighted by Crippen LogP contribution is -2.36. The van der Waals surface area contributed by atoms with Crippen LogP contribution in [0.25, 0.3) is 0 Å². The molecule has 1 aromatic rings. The zero-order chi connectivity index (χ0) is 15.2. The molecule has 1 aliphatic carbocycles. The summed E-state index contributed by atoms with van der Waals surface area (Å²) in [6.45, 7) is -0.127. The first kappa shape index (κ1) is 15.2. The molecule has 0 unspecified atom stereocenters. The van der Waals surface area contributed by atoms with Crippen LogP contribution in [0.1, 0.15) is 36.0 Å². The molecular weight excluding hydrogens is 272 g/mol. The third kappa shape index (κ3) is 3.87. The van der Waals surface area contributed by atoms with Crippen molar-refractivity contribution in [3.8, 4) is 11.5 Å². The molecule has 114 valence electrons. The summed E-state index contributed by atoms with van der Waals surface area (Å²) in [5, 5.41) is 2.93. The Morgan fingerprint density at radius 2 is 2.14 bits per heavy atom. The molecule has 0 bridgehead atoms. The summed E-state index contributed by atoms with van der Waals surface area (Å²) < 4.78 is 10.6. The summed E-state index contributed by atoms with van der Waals surface area (Å²) in [7, 11) is 1.45. The number of methoxy groups -OCH3 is 1. The third-order valence-electron chi connectivity index (χ3n) is 3.53. The fraction of sp³-hybridized carbons (Fsp3) is 0.467. The van der Waals surface area contributed by atoms with E-state index >= 15 is 0 Å². The van der Waals surface area contributed by atoms with Gasteiger partial charge < -0.3 is 20.5 Å². The molecule has 1 saturated carbocycles. The van der Waals surface area contributed by atoms with Gasteiger partial charge in [-0.05, 0) is 25.0 Å². The average Bonchev–Trinajstić information content (AvgIpc) is 2.97. The molecule has 6 heteroatoms. The molecule has 0 aliphatic heterocycles. The van der Waals surface area contributed by atoms with E-state index in [1.54, 1.807) is 0 Å². The normalized spacial score (nSPS) is 14.7. The number of nitrogens with two attached hydrogens (primary N) is 1. The van der Waals surface area contributed by atoms with Crippen molar-refractivity contribution in [2.45, 2.75) is 31.7 Å². The number of amides is 1. The van der Waals surface area contributed by atoms with E-state index in [0.717, 1.165) is 25.7 Å². The average molecular weight is 292 g/mol. The molecule has 1 aromatic carbocycles. The second-order valence-corrected chi connectivity index (χ2v) is 5.10. The van der Waals surface area contributed by atoms with Crippen LogP contribution in [0.5, 0.6) is 11.5 Å². The zero-order valence-corrected chi connectivity index (χ0v) is 12.1. The standard InChI is InChI=1S/C15H20N2O4/c1-20-13-7-10(8-18)6-12(16)15(13)21-9-14(19)17-11-4-2-3-5-11/h6-8,11H,2-5,9,16H2,1H3,(H,17,19). The lowest BCUT2D eigenvalue weighted by molar-refractivity contribution is -0.123. The van der Waals surface area contributed by atoms with E-state index in [1.807, 2.05) is 0 Å². The molecule has 0 heterocycles. The molecule has 0 saturated heterocycles. The molecule has 1 fully saturated rings. The van der Waals surface area contributed by atoms with Crippen LogP contribution < -0.4 is 20.5 Å². The Labute approximate surface area is 123 Å². The molecule has 0 spiro atoms. The quantitative estimate of drug-likeness (QED) is 0.613. The number of carbonyl (C=O) groups excluding carboxylic acids is 2. The van der Waals surface area contributed by atoms with Gasteiger partial charge in [-0.3, -0.25) is 9.59 Å². The van der Waals surface area contributed by atoms with Gasteiger partial charge in [0.15, 0.2) is 18.1 Å². The predicted molar refractivity (Wildman–Crippen MR) is 78.7 cm³/mol. The van der Waals surface area contributed by atoms with E-state index in [-0.39, 0.29) is 30.0 Å². The molecule has 0 atom stereocenters. The van der Waals surface area contributed by atoms with Crippen molar-refractivity contribution >= 4 is 17.9 Å². The summed E-state index contributed by atoms with van der Waals surface area (Å²) in [4.78, 5) is 22.6. The summed E-state index contributed by atoms with van der Waals surface area (Å²) in [6, 6.07) is 3.26. The molecule has 6 nitrogen and oxygen atoms in total. The number of benzene rings is 1. The van der Waals surface area contributed by atoms with Crippen molar-refractivity contribution < 1.29 is 19.1 Å². The van der Waals surface area contributed by atoms with Crippen molar-refractivity contribution in [3.05, 3.63) is 17.7 Å². The Morgan fingerprint density at radius 1 is 1.43 bits per heavy atom. The fourth-order valence-electron chi connectivity index (χ4n) is 2.50. The highest BCUT2D eigenvalue weighted by atomic mass is 16.5. The van der Waals surface area contributed by atoms with Gasteiger partial charge >= 0.3 is 0 Å². The highest BCUT2D eigenvalue weighted by Gasteiger charge is 2.18. The van der Waals surface area contributed by atoms with Crippen LogP contribution in [0.4, 0.5) is 5.69 Å². The molecule has 1 aliphatic rings. The van der Waals surface area contributed by atoms with Gasteiger partial charge in [0, 0.05) is 11.6 Å². The monoisotopic (exact) mass is 292 g/mol. The van der Waals surface area contributed by atoms with E-state index in [4.69, 9.17) is 15.2 Å². The molecule has 1 amide bonds. The maximum absolute atomic E-state index is 11.8. The Morgan fingerprint density at radius 3 is 2.76 bits per heavy atom. The van der Waals surface area contributed by atoms with Crippen LogP contribution in [-0.4, -0.2) is 32.0 Å². The summed E-state index contributed by atoms with van der Waals surface area (Å²) in [6.07, 6.45) is 5.02. The zero-order valence-electron chi connectivity index (χ0n) is 12.1. The molecule has 0 radical (unpaired) electrons. The van der Waals surface area contributed by atoms with Gasteiger partial charge in [0.05, 0.1) is 12.8 Å². The number of carbonyl (C=O) groups is 2. The van der Waals surface area contributed by atoms with Crippen LogP contribution in [0, 0.1) is 0 Å². The first-order chi connectivity index (χ1) is 10.1. The van der Waals surface area contributed by atoms with Gasteiger partial charge in [-0.15, -0.1) is 0 Å². The minimum atomic E-state index is -0.178. The topological polar surface area (TPSA) is 90.7 Å². The van der Waals surface area contributed by atoms with E-state index < -0.39 is 0 Å². The number of ether oxygens (including phenoxy) is 2. The van der Waals surface area contributed by atoms with Crippen molar-refractivity contribution in [2.24, 2.45) is 0 Å². The summed E-state index contributed by atoms with van der Waals surface area (Å²) >= 11 is 0. The minimum absolute atomic E-state index is 0.127. The Bertz CT molecular complexity index is 525. The van der Waals surface area contributed by atoms with Gasteiger partial charge in [-0.25, -0.2) is 0 Å². The largest absolute Gasteiger partial charge is 0.493 e. The van der Waals surface area contributed by atoms with E-state index in [1.165, 1.54) is 19.2 Å². The first-order valence-corrected chi connectivity index (χ1v) is 6.99. The maximum atomic E-state index is 11.8.